The van der Waals surface area contributed by atoms with Crippen molar-refractivity contribution in [1.29, 1.82) is 0 Å². The van der Waals surface area contributed by atoms with Crippen LogP contribution < -0.4 is 0 Å². The number of nitrogens with zero attached hydrogens (tertiary/aromatic N) is 4. The van der Waals surface area contributed by atoms with Crippen molar-refractivity contribution < 1.29 is 9.60 Å². The van der Waals surface area contributed by atoms with Crippen molar-refractivity contribution in [2.75, 3.05) is 13.1 Å². The number of hydrogen-bond donors (Lipinski definition) is 1. The van der Waals surface area contributed by atoms with Crippen molar-refractivity contribution >= 4 is 18.3 Å². The van der Waals surface area contributed by atoms with Crippen molar-refractivity contribution in [3.63, 3.8) is 0 Å². The van der Waals surface area contributed by atoms with E-state index in [4.69, 9.17) is 5.21 Å². The molecule has 1 saturated heterocycles. The number of piperidine rings is 1. The van der Waals surface area contributed by atoms with Crippen LogP contribution in [-0.2, 0) is 0 Å². The molecule has 1 fully saturated rings. The van der Waals surface area contributed by atoms with Crippen molar-refractivity contribution in [2.45, 2.75) is 19.3 Å². The number of oxime groups is 1. The van der Waals surface area contributed by atoms with Crippen LogP contribution in [0.25, 0.3) is 0 Å². The molecule has 0 unspecified atom stereocenters. The van der Waals surface area contributed by atoms with E-state index in [0.29, 0.717) is 11.3 Å². The van der Waals surface area contributed by atoms with Crippen molar-refractivity contribution in [1.82, 2.24) is 4.90 Å². The molecule has 6 heteroatoms. The normalized spacial score (nSPS) is 17.2. The van der Waals surface area contributed by atoms with Crippen LogP contribution >= 0.6 is 0 Å². The molecule has 1 aromatic carbocycles. The van der Waals surface area contributed by atoms with Gasteiger partial charge in [0.05, 0.1) is 6.21 Å². The van der Waals surface area contributed by atoms with Crippen LogP contribution in [0.5, 0.6) is 0 Å². The van der Waals surface area contributed by atoms with Gasteiger partial charge in [-0.1, -0.05) is 5.16 Å². The Labute approximate surface area is 117 Å². The van der Waals surface area contributed by atoms with Crippen molar-refractivity contribution in [2.24, 2.45) is 15.4 Å². The molecule has 1 aliphatic heterocycles. The van der Waals surface area contributed by atoms with Gasteiger partial charge in [-0.25, -0.2) is 4.39 Å². The Bertz CT molecular complexity index is 504. The lowest BCUT2D eigenvalue weighted by atomic mass is 10.1. The molecule has 5 nitrogen and oxygen atoms in total. The summed E-state index contributed by atoms with van der Waals surface area (Å²) in [6.07, 6.45) is 6.46. The highest BCUT2D eigenvalue weighted by Crippen LogP contribution is 2.07. The van der Waals surface area contributed by atoms with Crippen LogP contribution in [0.3, 0.4) is 0 Å². The maximum atomic E-state index is 12.9. The van der Waals surface area contributed by atoms with E-state index in [9.17, 15) is 4.39 Å². The molecule has 0 spiro atoms. The molecule has 1 N–H and O–H groups in total. The van der Waals surface area contributed by atoms with Crippen molar-refractivity contribution in [3.05, 3.63) is 35.6 Å². The summed E-state index contributed by atoms with van der Waals surface area (Å²) in [4.78, 5) is 2.10. The van der Waals surface area contributed by atoms with E-state index in [1.807, 2.05) is 0 Å². The highest BCUT2D eigenvalue weighted by Gasteiger charge is 2.06. The Morgan fingerprint density at radius 2 is 1.85 bits per heavy atom. The van der Waals surface area contributed by atoms with Gasteiger partial charge in [0.15, 0.2) is 0 Å². The molecule has 1 heterocycles. The fourth-order valence-electron chi connectivity index (χ4n) is 2.03. The molecular weight excluding hydrogens is 259 g/mol. The van der Waals surface area contributed by atoms with Crippen LogP contribution in [0, 0.1) is 5.82 Å². The van der Waals surface area contributed by atoms with Gasteiger partial charge in [0, 0.05) is 18.7 Å². The minimum absolute atomic E-state index is 0.328. The number of hydrogen-bond acceptors (Lipinski definition) is 4. The molecule has 0 aromatic heterocycles. The van der Waals surface area contributed by atoms with Crippen molar-refractivity contribution in [3.8, 4) is 0 Å². The van der Waals surface area contributed by atoms with Gasteiger partial charge in [-0.15, -0.1) is 10.2 Å². The fraction of sp³-hybridized carbons (Fsp3) is 0.357. The van der Waals surface area contributed by atoms with E-state index < -0.39 is 0 Å². The standard InChI is InChI=1S/C14H17FN4O/c15-13-6-4-12(5-7-13)14(10-17-20)18-16-11-19-8-2-1-3-9-19/h4-7,10-11,20H,1-3,8-9H2/b16-11+,17-10-,18-14+. The average Bonchev–Trinajstić information content (AvgIpc) is 2.48. The number of halogens is 1. The van der Waals surface area contributed by atoms with Crippen LogP contribution in [0.4, 0.5) is 4.39 Å². The van der Waals surface area contributed by atoms with Gasteiger partial charge in [0.2, 0.25) is 0 Å². The first kappa shape index (κ1) is 14.2. The number of rotatable bonds is 4. The van der Waals surface area contributed by atoms with Gasteiger partial charge in [-0.05, 0) is 43.5 Å². The topological polar surface area (TPSA) is 60.6 Å². The average molecular weight is 276 g/mol. The number of benzene rings is 1. The Balaban J connectivity index is 2.09. The lowest BCUT2D eigenvalue weighted by Crippen LogP contribution is -2.28. The predicted octanol–water partition coefficient (Wildman–Crippen LogP) is 2.50. The smallest absolute Gasteiger partial charge is 0.123 e. The Hall–Kier alpha value is -2.24. The minimum Gasteiger partial charge on any atom is -0.411 e. The minimum atomic E-state index is -0.328. The Kier molecular flexibility index (Phi) is 5.23. The van der Waals surface area contributed by atoms with Gasteiger partial charge < -0.3 is 10.1 Å². The molecule has 0 bridgehead atoms. The predicted molar refractivity (Wildman–Crippen MR) is 77.1 cm³/mol. The lowest BCUT2D eigenvalue weighted by Gasteiger charge is -2.23. The summed E-state index contributed by atoms with van der Waals surface area (Å²) < 4.78 is 12.9. The fourth-order valence-corrected chi connectivity index (χ4v) is 2.03. The highest BCUT2D eigenvalue weighted by molar-refractivity contribution is 6.38. The molecule has 1 aliphatic rings. The molecule has 1 aromatic rings. The summed E-state index contributed by atoms with van der Waals surface area (Å²) in [5, 5.41) is 19.6. The summed E-state index contributed by atoms with van der Waals surface area (Å²) in [7, 11) is 0. The summed E-state index contributed by atoms with van der Waals surface area (Å²) in [6.45, 7) is 1.97. The van der Waals surface area contributed by atoms with E-state index in [-0.39, 0.29) is 5.82 Å². The maximum absolute atomic E-state index is 12.9. The molecule has 20 heavy (non-hydrogen) atoms. The molecule has 0 radical (unpaired) electrons. The van der Waals surface area contributed by atoms with Crippen LogP contribution in [-0.4, -0.2) is 41.5 Å². The summed E-state index contributed by atoms with van der Waals surface area (Å²) in [5.41, 5.74) is 1.01. The molecular formula is C14H17FN4O. The SMILES string of the molecule is O\N=C/C(=N\N=C\N1CCCCC1)c1ccc(F)cc1. The molecule has 2 rings (SSSR count). The zero-order valence-corrected chi connectivity index (χ0v) is 11.1. The zero-order chi connectivity index (χ0) is 14.2. The summed E-state index contributed by atoms with van der Waals surface area (Å²) >= 11 is 0. The molecule has 0 aliphatic carbocycles. The molecule has 0 amide bonds. The third-order valence-electron chi connectivity index (χ3n) is 3.09. The van der Waals surface area contributed by atoms with E-state index in [1.54, 1.807) is 18.5 Å². The van der Waals surface area contributed by atoms with Crippen LogP contribution in [0.2, 0.25) is 0 Å². The lowest BCUT2D eigenvalue weighted by molar-refractivity contribution is 0.322. The van der Waals surface area contributed by atoms with E-state index in [0.717, 1.165) is 13.1 Å². The van der Waals surface area contributed by atoms with Crippen LogP contribution in [0.1, 0.15) is 24.8 Å². The Morgan fingerprint density at radius 1 is 1.15 bits per heavy atom. The first-order valence-electron chi connectivity index (χ1n) is 6.58. The second-order valence-electron chi connectivity index (χ2n) is 4.56. The molecule has 0 saturated carbocycles. The zero-order valence-electron chi connectivity index (χ0n) is 11.1. The third-order valence-corrected chi connectivity index (χ3v) is 3.09. The molecule has 0 atom stereocenters. The quantitative estimate of drug-likeness (QED) is 0.397. The Morgan fingerprint density at radius 3 is 2.50 bits per heavy atom. The van der Waals surface area contributed by atoms with E-state index in [1.165, 1.54) is 37.6 Å². The second-order valence-corrected chi connectivity index (χ2v) is 4.56. The first-order chi connectivity index (χ1) is 9.79. The molecule has 106 valence electrons. The van der Waals surface area contributed by atoms with Gasteiger partial charge in [-0.2, -0.15) is 0 Å². The monoisotopic (exact) mass is 276 g/mol. The van der Waals surface area contributed by atoms with E-state index >= 15 is 0 Å². The van der Waals surface area contributed by atoms with Gasteiger partial charge >= 0.3 is 0 Å². The first-order valence-corrected chi connectivity index (χ1v) is 6.58. The van der Waals surface area contributed by atoms with Gasteiger partial charge in [0.25, 0.3) is 0 Å². The highest BCUT2D eigenvalue weighted by atomic mass is 19.1. The summed E-state index contributed by atoms with van der Waals surface area (Å²) in [5.74, 6) is -0.328. The number of likely N-dealkylation sites (tertiary alicyclic amines) is 1. The largest absolute Gasteiger partial charge is 0.411 e. The second kappa shape index (κ2) is 7.37. The van der Waals surface area contributed by atoms with E-state index in [2.05, 4.69) is 20.3 Å². The van der Waals surface area contributed by atoms with Crippen LogP contribution in [0.15, 0.2) is 39.6 Å². The summed E-state index contributed by atoms with van der Waals surface area (Å²) in [6, 6.07) is 5.77. The third kappa shape index (κ3) is 4.15. The van der Waals surface area contributed by atoms with Gasteiger partial charge in [-0.3, -0.25) is 0 Å². The van der Waals surface area contributed by atoms with Gasteiger partial charge in [0.1, 0.15) is 17.9 Å². The maximum Gasteiger partial charge on any atom is 0.123 e.